The number of para-hydroxylation sites is 1. The van der Waals surface area contributed by atoms with Gasteiger partial charge in [-0.15, -0.1) is 16.2 Å². The molecular weight excluding hydrogens is 402 g/mol. The summed E-state index contributed by atoms with van der Waals surface area (Å²) in [7, 11) is -3.84. The average molecular weight is 414 g/mol. The molecule has 0 spiro atoms. The smallest absolute Gasteiger partial charge is 0.257 e. The van der Waals surface area contributed by atoms with Crippen LogP contribution in [0.15, 0.2) is 57.8 Å². The van der Waals surface area contributed by atoms with Crippen LogP contribution < -0.4 is 10.3 Å². The number of amides is 1. The molecular formula is C15H12ClN3O3S3. The molecule has 0 saturated heterocycles. The first kappa shape index (κ1) is 18.2. The highest BCUT2D eigenvalue weighted by Crippen LogP contribution is 2.28. The highest BCUT2D eigenvalue weighted by molar-refractivity contribution is 8.01. The normalized spacial score (nSPS) is 11.6. The van der Waals surface area contributed by atoms with Gasteiger partial charge in [-0.1, -0.05) is 35.5 Å². The van der Waals surface area contributed by atoms with Gasteiger partial charge in [-0.2, -0.15) is 0 Å². The molecule has 2 aromatic carbocycles. The van der Waals surface area contributed by atoms with E-state index in [1.807, 2.05) is 24.3 Å². The fourth-order valence-electron chi connectivity index (χ4n) is 1.87. The lowest BCUT2D eigenvalue weighted by molar-refractivity contribution is -0.119. The summed E-state index contributed by atoms with van der Waals surface area (Å²) in [6.45, 7) is 0. The van der Waals surface area contributed by atoms with E-state index in [4.69, 9.17) is 11.6 Å². The minimum Gasteiger partial charge on any atom is -0.277 e. The number of sulfonamides is 1. The van der Waals surface area contributed by atoms with E-state index in [1.165, 1.54) is 47.4 Å². The lowest BCUT2D eigenvalue weighted by atomic mass is 10.3. The molecule has 0 fully saturated rings. The Balaban J connectivity index is 1.54. The number of benzene rings is 2. The van der Waals surface area contributed by atoms with Crippen molar-refractivity contribution in [1.29, 1.82) is 0 Å². The SMILES string of the molecule is O=C(CSc1nc2ccccc2s1)NNS(=O)(=O)c1ccc(Cl)cc1. The van der Waals surface area contributed by atoms with Crippen LogP contribution in [0.5, 0.6) is 0 Å². The van der Waals surface area contributed by atoms with Crippen molar-refractivity contribution in [2.75, 3.05) is 5.75 Å². The first-order valence-electron chi connectivity index (χ1n) is 6.99. The van der Waals surface area contributed by atoms with Gasteiger partial charge in [0.05, 0.1) is 20.9 Å². The minimum absolute atomic E-state index is 0.0102. The van der Waals surface area contributed by atoms with E-state index in [2.05, 4.69) is 15.2 Å². The fraction of sp³-hybridized carbons (Fsp3) is 0.0667. The molecule has 1 amide bonds. The zero-order valence-corrected chi connectivity index (χ0v) is 15.8. The van der Waals surface area contributed by atoms with Crippen molar-refractivity contribution in [3.63, 3.8) is 0 Å². The molecule has 1 heterocycles. The van der Waals surface area contributed by atoms with E-state index in [0.29, 0.717) is 5.02 Å². The van der Waals surface area contributed by atoms with Gasteiger partial charge in [0.25, 0.3) is 10.0 Å². The molecule has 0 bridgehead atoms. The molecule has 3 aromatic rings. The molecule has 6 nitrogen and oxygen atoms in total. The summed E-state index contributed by atoms with van der Waals surface area (Å²) in [5.74, 6) is -0.426. The topological polar surface area (TPSA) is 88.2 Å². The number of nitrogens with zero attached hydrogens (tertiary/aromatic N) is 1. The number of hydrogen-bond donors (Lipinski definition) is 2. The third kappa shape index (κ3) is 4.71. The number of rotatable bonds is 6. The Morgan fingerprint density at radius 1 is 1.16 bits per heavy atom. The van der Waals surface area contributed by atoms with Gasteiger partial charge in [-0.25, -0.2) is 13.4 Å². The van der Waals surface area contributed by atoms with Crippen molar-refractivity contribution >= 4 is 60.8 Å². The van der Waals surface area contributed by atoms with Gasteiger partial charge in [0, 0.05) is 5.02 Å². The predicted octanol–water partition coefficient (Wildman–Crippen LogP) is 3.05. The highest BCUT2D eigenvalue weighted by atomic mass is 35.5. The average Bonchev–Trinajstić information content (AvgIpc) is 3.01. The van der Waals surface area contributed by atoms with Crippen molar-refractivity contribution in [2.45, 2.75) is 9.24 Å². The third-order valence-electron chi connectivity index (χ3n) is 3.05. The van der Waals surface area contributed by atoms with Crippen LogP contribution in [0.1, 0.15) is 0 Å². The van der Waals surface area contributed by atoms with E-state index >= 15 is 0 Å². The Bertz CT molecular complexity index is 971. The van der Waals surface area contributed by atoms with E-state index in [-0.39, 0.29) is 10.6 Å². The molecule has 2 N–H and O–H groups in total. The molecule has 0 unspecified atom stereocenters. The Labute approximate surface area is 157 Å². The van der Waals surface area contributed by atoms with E-state index < -0.39 is 15.9 Å². The van der Waals surface area contributed by atoms with Crippen molar-refractivity contribution in [2.24, 2.45) is 0 Å². The van der Waals surface area contributed by atoms with Crippen molar-refractivity contribution < 1.29 is 13.2 Å². The molecule has 3 rings (SSSR count). The van der Waals surface area contributed by atoms with Crippen LogP contribution in [0.25, 0.3) is 10.2 Å². The molecule has 10 heteroatoms. The van der Waals surface area contributed by atoms with Gasteiger partial charge in [0.2, 0.25) is 5.91 Å². The Morgan fingerprint density at radius 2 is 1.88 bits per heavy atom. The zero-order chi connectivity index (χ0) is 17.9. The van der Waals surface area contributed by atoms with E-state index in [1.54, 1.807) is 0 Å². The highest BCUT2D eigenvalue weighted by Gasteiger charge is 2.15. The second-order valence-electron chi connectivity index (χ2n) is 4.84. The second-order valence-corrected chi connectivity index (χ2v) is 9.22. The number of nitrogens with one attached hydrogen (secondary N) is 2. The summed E-state index contributed by atoms with van der Waals surface area (Å²) in [5, 5.41) is 0.426. The number of thiazole rings is 1. The second kappa shape index (κ2) is 7.71. The monoisotopic (exact) mass is 413 g/mol. The standard InChI is InChI=1S/C15H12ClN3O3S3/c16-10-5-7-11(8-6-10)25(21,22)19-18-14(20)9-23-15-17-12-3-1-2-4-13(12)24-15/h1-8,19H,9H2,(H,18,20). The summed E-state index contributed by atoms with van der Waals surface area (Å²) >= 11 is 8.45. The zero-order valence-electron chi connectivity index (χ0n) is 12.6. The van der Waals surface area contributed by atoms with Gasteiger partial charge in [0.1, 0.15) is 0 Å². The Morgan fingerprint density at radius 3 is 2.60 bits per heavy atom. The quantitative estimate of drug-likeness (QED) is 0.479. The molecule has 25 heavy (non-hydrogen) atoms. The van der Waals surface area contributed by atoms with Crippen molar-refractivity contribution in [3.8, 4) is 0 Å². The maximum Gasteiger partial charge on any atom is 0.257 e. The van der Waals surface area contributed by atoms with Gasteiger partial charge >= 0.3 is 0 Å². The van der Waals surface area contributed by atoms with Crippen LogP contribution in [0, 0.1) is 0 Å². The van der Waals surface area contributed by atoms with E-state index in [0.717, 1.165) is 14.6 Å². The molecule has 0 aliphatic heterocycles. The molecule has 1 aromatic heterocycles. The van der Waals surface area contributed by atoms with Crippen LogP contribution in [0.3, 0.4) is 0 Å². The number of aromatic nitrogens is 1. The number of fused-ring (bicyclic) bond motifs is 1. The molecule has 0 atom stereocenters. The molecule has 0 radical (unpaired) electrons. The first-order valence-corrected chi connectivity index (χ1v) is 10.6. The fourth-order valence-corrected chi connectivity index (χ4v) is 4.73. The first-order chi connectivity index (χ1) is 11.9. The Kier molecular flexibility index (Phi) is 5.60. The number of thioether (sulfide) groups is 1. The largest absolute Gasteiger partial charge is 0.277 e. The summed E-state index contributed by atoms with van der Waals surface area (Å²) in [6.07, 6.45) is 0. The molecule has 0 saturated carbocycles. The van der Waals surface area contributed by atoms with E-state index in [9.17, 15) is 13.2 Å². The predicted molar refractivity (Wildman–Crippen MR) is 100 cm³/mol. The minimum atomic E-state index is -3.84. The third-order valence-corrected chi connectivity index (χ3v) is 6.74. The van der Waals surface area contributed by atoms with Crippen LogP contribution in [-0.2, 0) is 14.8 Å². The van der Waals surface area contributed by atoms with Crippen LogP contribution in [0.2, 0.25) is 5.02 Å². The summed E-state index contributed by atoms with van der Waals surface area (Å²) in [6, 6.07) is 13.3. The Hall–Kier alpha value is -1.65. The lowest BCUT2D eigenvalue weighted by Crippen LogP contribution is -2.42. The van der Waals surface area contributed by atoms with Crippen molar-refractivity contribution in [3.05, 3.63) is 53.6 Å². The maximum absolute atomic E-state index is 12.1. The lowest BCUT2D eigenvalue weighted by Gasteiger charge is -2.08. The summed E-state index contributed by atoms with van der Waals surface area (Å²) in [5.41, 5.74) is 3.06. The van der Waals surface area contributed by atoms with Gasteiger partial charge in [0.15, 0.2) is 4.34 Å². The number of carbonyl (C=O) groups excluding carboxylic acids is 1. The number of hydrazine groups is 1. The number of carbonyl (C=O) groups is 1. The van der Waals surface area contributed by atoms with Crippen LogP contribution in [0.4, 0.5) is 0 Å². The number of halogens is 1. The maximum atomic E-state index is 12.1. The van der Waals surface area contributed by atoms with Crippen molar-refractivity contribution in [1.82, 2.24) is 15.2 Å². The van der Waals surface area contributed by atoms with Gasteiger partial charge in [-0.05, 0) is 36.4 Å². The van der Waals surface area contributed by atoms with Gasteiger partial charge < -0.3 is 0 Å². The summed E-state index contributed by atoms with van der Waals surface area (Å²) < 4.78 is 25.9. The molecule has 130 valence electrons. The van der Waals surface area contributed by atoms with Crippen LogP contribution >= 0.6 is 34.7 Å². The van der Waals surface area contributed by atoms with Gasteiger partial charge in [-0.3, -0.25) is 10.2 Å². The molecule has 0 aliphatic carbocycles. The molecule has 0 aliphatic rings. The van der Waals surface area contributed by atoms with Crippen LogP contribution in [-0.4, -0.2) is 25.1 Å². The number of hydrogen-bond acceptors (Lipinski definition) is 6. The summed E-state index contributed by atoms with van der Waals surface area (Å²) in [4.78, 5) is 18.3.